The second-order valence-corrected chi connectivity index (χ2v) is 11.6. The van der Waals surface area contributed by atoms with Gasteiger partial charge < -0.3 is 4.74 Å². The molecule has 4 saturated carbocycles. The van der Waals surface area contributed by atoms with Crippen LogP contribution >= 0.6 is 0 Å². The van der Waals surface area contributed by atoms with E-state index in [-0.39, 0.29) is 45.6 Å². The normalized spacial score (nSPS) is 55.8. The highest BCUT2D eigenvalue weighted by Crippen LogP contribution is 2.77. The molecule has 6 aliphatic rings. The number of ketones is 2. The summed E-state index contributed by atoms with van der Waals surface area (Å²) in [7, 11) is 0. The van der Waals surface area contributed by atoms with Crippen LogP contribution in [0.5, 0.6) is 0 Å². The van der Waals surface area contributed by atoms with E-state index in [1.54, 1.807) is 0 Å². The van der Waals surface area contributed by atoms with E-state index in [1.807, 2.05) is 0 Å². The molecule has 1 saturated heterocycles. The minimum atomic E-state index is -0.840. The third-order valence-electron chi connectivity index (χ3n) is 10.8. The molecule has 0 N–H and O–H groups in total. The highest BCUT2D eigenvalue weighted by Gasteiger charge is 2.78. The maximum atomic E-state index is 13.8. The van der Waals surface area contributed by atoms with Gasteiger partial charge in [0.2, 0.25) is 0 Å². The summed E-state index contributed by atoms with van der Waals surface area (Å²) < 4.78 is 6.03. The predicted molar refractivity (Wildman–Crippen MR) is 107 cm³/mol. The van der Waals surface area contributed by atoms with Crippen LogP contribution in [0.25, 0.3) is 0 Å². The Labute approximate surface area is 177 Å². The van der Waals surface area contributed by atoms with Gasteiger partial charge in [0.1, 0.15) is 17.2 Å². The van der Waals surface area contributed by atoms with Gasteiger partial charge in [0, 0.05) is 29.6 Å². The zero-order valence-electron chi connectivity index (χ0n) is 17.8. The molecule has 5 fully saturated rings. The average Bonchev–Trinajstić information content (AvgIpc) is 3.33. The van der Waals surface area contributed by atoms with Crippen molar-refractivity contribution in [1.29, 1.82) is 5.26 Å². The van der Waals surface area contributed by atoms with Crippen molar-refractivity contribution in [3.63, 3.8) is 0 Å². The van der Waals surface area contributed by atoms with Gasteiger partial charge >= 0.3 is 5.97 Å². The quantitative estimate of drug-likeness (QED) is 0.345. The van der Waals surface area contributed by atoms with Crippen molar-refractivity contribution in [2.75, 3.05) is 0 Å². The average molecular weight is 408 g/mol. The molecule has 0 aromatic heterocycles. The number of nitriles is 1. The lowest BCUT2D eigenvalue weighted by molar-refractivity contribution is -0.167. The van der Waals surface area contributed by atoms with Crippen molar-refractivity contribution < 1.29 is 19.1 Å². The highest BCUT2D eigenvalue weighted by molar-refractivity contribution is 6.08. The molecule has 1 heterocycles. The maximum absolute atomic E-state index is 13.8. The first-order valence-electron chi connectivity index (χ1n) is 11.5. The number of carbonyl (C=O) groups excluding carboxylic acids is 3. The van der Waals surface area contributed by atoms with E-state index in [0.29, 0.717) is 25.7 Å². The fourth-order valence-corrected chi connectivity index (χ4v) is 9.40. The Morgan fingerprint density at radius 1 is 1.13 bits per heavy atom. The molecule has 0 aromatic carbocycles. The second-order valence-electron chi connectivity index (χ2n) is 11.6. The molecular weight excluding hydrogens is 378 g/mol. The summed E-state index contributed by atoms with van der Waals surface area (Å²) in [5.74, 6) is -0.884. The van der Waals surface area contributed by atoms with E-state index in [2.05, 4.69) is 32.1 Å². The Balaban J connectivity index is 1.52. The van der Waals surface area contributed by atoms with Crippen LogP contribution in [-0.2, 0) is 19.1 Å². The molecule has 158 valence electrons. The van der Waals surface area contributed by atoms with Crippen LogP contribution in [-0.4, -0.2) is 23.1 Å². The molecule has 0 radical (unpaired) electrons. The summed E-state index contributed by atoms with van der Waals surface area (Å²) in [5, 5.41) is 10.3. The molecule has 6 rings (SSSR count). The van der Waals surface area contributed by atoms with Crippen molar-refractivity contribution >= 4 is 17.5 Å². The fourth-order valence-electron chi connectivity index (χ4n) is 9.40. The van der Waals surface area contributed by atoms with Crippen molar-refractivity contribution in [1.82, 2.24) is 0 Å². The summed E-state index contributed by atoms with van der Waals surface area (Å²) in [6, 6.07) is 2.52. The van der Waals surface area contributed by atoms with Crippen LogP contribution in [0.4, 0.5) is 0 Å². The van der Waals surface area contributed by atoms with Gasteiger partial charge in [-0.15, -0.1) is 0 Å². The monoisotopic (exact) mass is 407 g/mol. The third-order valence-corrected chi connectivity index (χ3v) is 10.8. The first kappa shape index (κ1) is 18.8. The summed E-state index contributed by atoms with van der Waals surface area (Å²) in [6.45, 7) is 4.42. The number of nitrogens with zero attached hydrogens (tertiary/aromatic N) is 1. The lowest BCUT2D eigenvalue weighted by Gasteiger charge is -2.60. The van der Waals surface area contributed by atoms with Crippen LogP contribution in [0, 0.1) is 50.7 Å². The number of allylic oxidation sites excluding steroid dienone is 2. The Bertz CT molecular complexity index is 978. The van der Waals surface area contributed by atoms with Crippen LogP contribution in [0.15, 0.2) is 12.2 Å². The van der Waals surface area contributed by atoms with Gasteiger partial charge in [-0.25, -0.2) is 0 Å². The van der Waals surface area contributed by atoms with E-state index in [4.69, 9.17) is 4.74 Å². The molecule has 30 heavy (non-hydrogen) atoms. The molecule has 8 unspecified atom stereocenters. The summed E-state index contributed by atoms with van der Waals surface area (Å²) in [4.78, 5) is 38.7. The lowest BCUT2D eigenvalue weighted by atomic mass is 9.41. The summed E-state index contributed by atoms with van der Waals surface area (Å²) in [6.07, 6.45) is 10.8. The van der Waals surface area contributed by atoms with Crippen LogP contribution in [0.3, 0.4) is 0 Å². The Hall–Kier alpha value is -1.96. The third kappa shape index (κ3) is 1.73. The highest BCUT2D eigenvalue weighted by atomic mass is 16.6. The first-order valence-corrected chi connectivity index (χ1v) is 11.5. The van der Waals surface area contributed by atoms with Crippen LogP contribution in [0.1, 0.15) is 71.6 Å². The number of ether oxygens (including phenoxy) is 1. The van der Waals surface area contributed by atoms with Gasteiger partial charge in [-0.3, -0.25) is 14.4 Å². The largest absolute Gasteiger partial charge is 0.458 e. The zero-order valence-corrected chi connectivity index (χ0v) is 17.8. The number of rotatable bonds is 0. The fraction of sp³-hybridized carbons (Fsp3) is 0.760. The molecule has 5 heteroatoms. The number of carbonyl (C=O) groups is 3. The molecule has 2 spiro atoms. The first-order chi connectivity index (χ1) is 14.2. The number of Topliss-reactive ketones (excluding diaryl/α,β-unsaturated/α-hetero) is 2. The summed E-state index contributed by atoms with van der Waals surface area (Å²) in [5.41, 5.74) is -2.14. The maximum Gasteiger partial charge on any atom is 0.306 e. The topological polar surface area (TPSA) is 84.2 Å². The molecule has 5 nitrogen and oxygen atoms in total. The minimum Gasteiger partial charge on any atom is -0.458 e. The molecule has 2 bridgehead atoms. The van der Waals surface area contributed by atoms with Gasteiger partial charge in [-0.2, -0.15) is 5.26 Å². The van der Waals surface area contributed by atoms with E-state index in [9.17, 15) is 19.6 Å². The van der Waals surface area contributed by atoms with E-state index >= 15 is 0 Å². The van der Waals surface area contributed by atoms with Gasteiger partial charge in [-0.1, -0.05) is 26.0 Å². The number of fused-ring (bicyclic) bond motifs is 5. The number of esters is 1. The van der Waals surface area contributed by atoms with Crippen molar-refractivity contribution in [2.24, 2.45) is 39.4 Å². The van der Waals surface area contributed by atoms with E-state index in [1.165, 1.54) is 0 Å². The molecular formula is C25H29NO4. The van der Waals surface area contributed by atoms with Crippen molar-refractivity contribution in [2.45, 2.75) is 77.2 Å². The Morgan fingerprint density at radius 3 is 2.63 bits per heavy atom. The standard InChI is InChI=1S/C25H29NO4/c1-21-9-4-16(27)19-20(29)15(12-24(19,21)14-26)23(13-21)8-3-7-22(2)17(23)5-10-25(22)11-6-18(28)30-25/h3,8,15,17,19H,4-7,9-13H2,1-2H3. The van der Waals surface area contributed by atoms with Crippen molar-refractivity contribution in [3.05, 3.63) is 12.2 Å². The Morgan fingerprint density at radius 2 is 1.93 bits per heavy atom. The lowest BCUT2D eigenvalue weighted by Crippen LogP contribution is -2.58. The molecule has 1 aliphatic heterocycles. The van der Waals surface area contributed by atoms with E-state index in [0.717, 1.165) is 32.1 Å². The molecule has 0 aromatic rings. The smallest absolute Gasteiger partial charge is 0.306 e. The summed E-state index contributed by atoms with van der Waals surface area (Å²) >= 11 is 0. The number of hydrogen-bond acceptors (Lipinski definition) is 5. The second kappa shape index (κ2) is 5.26. The Kier molecular flexibility index (Phi) is 3.29. The minimum absolute atomic E-state index is 0.0169. The SMILES string of the molecule is CC12CCC(=O)C3C(=O)C(CC31C#N)C1(C=CCC3(C)C1CCC31CCC(=O)O1)C2. The van der Waals surface area contributed by atoms with Gasteiger partial charge in [0.15, 0.2) is 0 Å². The van der Waals surface area contributed by atoms with Crippen LogP contribution in [0.2, 0.25) is 0 Å². The predicted octanol–water partition coefficient (Wildman–Crippen LogP) is 3.91. The molecule has 8 atom stereocenters. The van der Waals surface area contributed by atoms with Crippen molar-refractivity contribution in [3.8, 4) is 6.07 Å². The van der Waals surface area contributed by atoms with Crippen LogP contribution < -0.4 is 0 Å². The zero-order chi connectivity index (χ0) is 21.2. The van der Waals surface area contributed by atoms with Gasteiger partial charge in [-0.05, 0) is 56.3 Å². The van der Waals surface area contributed by atoms with Gasteiger partial charge in [0.25, 0.3) is 0 Å². The molecule has 0 amide bonds. The van der Waals surface area contributed by atoms with E-state index < -0.39 is 16.9 Å². The molecule has 5 aliphatic carbocycles. The number of hydrogen-bond donors (Lipinski definition) is 0. The van der Waals surface area contributed by atoms with Gasteiger partial charge in [0.05, 0.1) is 17.4 Å².